The van der Waals surface area contributed by atoms with Crippen LogP contribution in [0.3, 0.4) is 0 Å². The minimum Gasteiger partial charge on any atom is -0.460 e. The Bertz CT molecular complexity index is 492. The third-order valence-corrected chi connectivity index (χ3v) is 3.60. The van der Waals surface area contributed by atoms with Gasteiger partial charge >= 0.3 is 5.97 Å². The molecule has 10 heteroatoms. The topological polar surface area (TPSA) is 100 Å². The number of ether oxygens (including phenoxy) is 9. The number of rotatable bonds is 26. The Balaban J connectivity index is 3.06. The molecule has 10 nitrogen and oxygen atoms in total. The Hall–Kier alpha value is -1.55. The second kappa shape index (κ2) is 26.7. The zero-order valence-corrected chi connectivity index (χ0v) is 19.9. The molecule has 0 aliphatic heterocycles. The van der Waals surface area contributed by atoms with Gasteiger partial charge in [0, 0.05) is 5.57 Å². The van der Waals surface area contributed by atoms with Gasteiger partial charge in [0.15, 0.2) is 0 Å². The predicted octanol–water partition coefficient (Wildman–Crippen LogP) is 0.872. The van der Waals surface area contributed by atoms with Crippen LogP contribution in [0.15, 0.2) is 12.2 Å². The zero-order valence-electron chi connectivity index (χ0n) is 19.9. The van der Waals surface area contributed by atoms with E-state index in [0.29, 0.717) is 111 Å². The van der Waals surface area contributed by atoms with Crippen LogP contribution >= 0.6 is 0 Å². The molecule has 33 heavy (non-hydrogen) atoms. The van der Waals surface area contributed by atoms with Gasteiger partial charge in [-0.15, -0.1) is 6.42 Å². The van der Waals surface area contributed by atoms with Crippen molar-refractivity contribution in [3.63, 3.8) is 0 Å². The highest BCUT2D eigenvalue weighted by atomic mass is 16.6. The molecular weight excluding hydrogens is 436 g/mol. The van der Waals surface area contributed by atoms with Crippen molar-refractivity contribution in [2.75, 3.05) is 112 Å². The lowest BCUT2D eigenvalue weighted by molar-refractivity contribution is -0.140. The summed E-state index contributed by atoms with van der Waals surface area (Å²) < 4.78 is 47.5. The third-order valence-electron chi connectivity index (χ3n) is 3.60. The van der Waals surface area contributed by atoms with Gasteiger partial charge in [-0.3, -0.25) is 0 Å². The SMILES string of the molecule is C#CCOCCOCCOCCOCCOCCOCCOCCOCCOC(=O)C(=C)C. The van der Waals surface area contributed by atoms with Gasteiger partial charge in [-0.05, 0) is 6.92 Å². The highest BCUT2D eigenvalue weighted by Gasteiger charge is 2.01. The van der Waals surface area contributed by atoms with Crippen molar-refractivity contribution in [2.24, 2.45) is 0 Å². The summed E-state index contributed by atoms with van der Waals surface area (Å²) in [4.78, 5) is 11.1. The van der Waals surface area contributed by atoms with Crippen LogP contribution in [0.2, 0.25) is 0 Å². The number of hydrogen-bond acceptors (Lipinski definition) is 10. The lowest BCUT2D eigenvalue weighted by Crippen LogP contribution is -2.15. The van der Waals surface area contributed by atoms with Gasteiger partial charge in [0.05, 0.1) is 99.1 Å². The molecule has 0 unspecified atom stereocenters. The molecule has 0 aliphatic rings. The maximum atomic E-state index is 11.1. The molecular formula is C23H40O10. The van der Waals surface area contributed by atoms with Gasteiger partial charge in [0.1, 0.15) is 13.2 Å². The van der Waals surface area contributed by atoms with Crippen LogP contribution in [0.25, 0.3) is 0 Å². The van der Waals surface area contributed by atoms with Gasteiger partial charge in [-0.1, -0.05) is 12.5 Å². The van der Waals surface area contributed by atoms with Crippen molar-refractivity contribution in [2.45, 2.75) is 6.92 Å². The summed E-state index contributed by atoms with van der Waals surface area (Å²) in [6.07, 6.45) is 5.06. The first kappa shape index (κ1) is 31.4. The van der Waals surface area contributed by atoms with Gasteiger partial charge in [0.25, 0.3) is 0 Å². The van der Waals surface area contributed by atoms with Gasteiger partial charge in [0.2, 0.25) is 0 Å². The molecule has 0 bridgehead atoms. The van der Waals surface area contributed by atoms with E-state index >= 15 is 0 Å². The van der Waals surface area contributed by atoms with Crippen molar-refractivity contribution < 1.29 is 47.4 Å². The molecule has 0 saturated heterocycles. The van der Waals surface area contributed by atoms with Crippen molar-refractivity contribution in [1.82, 2.24) is 0 Å². The quantitative estimate of drug-likeness (QED) is 0.0774. The van der Waals surface area contributed by atoms with Crippen LogP contribution in [-0.2, 0) is 47.4 Å². The smallest absolute Gasteiger partial charge is 0.333 e. The predicted molar refractivity (Wildman–Crippen MR) is 121 cm³/mol. The molecule has 0 radical (unpaired) electrons. The summed E-state index contributed by atoms with van der Waals surface area (Å²) in [7, 11) is 0. The summed E-state index contributed by atoms with van der Waals surface area (Å²) in [5, 5.41) is 0. The van der Waals surface area contributed by atoms with E-state index in [9.17, 15) is 4.79 Å². The van der Waals surface area contributed by atoms with Crippen molar-refractivity contribution in [1.29, 1.82) is 0 Å². The molecule has 0 saturated carbocycles. The molecule has 0 N–H and O–H groups in total. The Labute approximate surface area is 197 Å². The molecule has 0 aromatic heterocycles. The fourth-order valence-corrected chi connectivity index (χ4v) is 1.99. The van der Waals surface area contributed by atoms with Crippen molar-refractivity contribution >= 4 is 5.97 Å². The van der Waals surface area contributed by atoms with E-state index in [4.69, 9.17) is 49.1 Å². The van der Waals surface area contributed by atoms with Crippen molar-refractivity contribution in [3.05, 3.63) is 12.2 Å². The van der Waals surface area contributed by atoms with Crippen molar-refractivity contribution in [3.8, 4) is 12.3 Å². The summed E-state index contributed by atoms with van der Waals surface area (Å²) in [5.41, 5.74) is 0.372. The molecule has 0 aromatic carbocycles. The Morgan fingerprint density at radius 2 is 0.848 bits per heavy atom. The van der Waals surface area contributed by atoms with E-state index in [1.54, 1.807) is 6.92 Å². The van der Waals surface area contributed by atoms with E-state index in [0.717, 1.165) is 0 Å². The summed E-state index contributed by atoms with van der Waals surface area (Å²) in [6.45, 7) is 12.8. The highest BCUT2D eigenvalue weighted by molar-refractivity contribution is 5.86. The van der Waals surface area contributed by atoms with Crippen LogP contribution in [0.4, 0.5) is 0 Å². The number of carbonyl (C=O) groups is 1. The maximum Gasteiger partial charge on any atom is 0.333 e. The number of terminal acetylenes is 1. The fourth-order valence-electron chi connectivity index (χ4n) is 1.99. The molecule has 0 spiro atoms. The molecule has 0 aliphatic carbocycles. The highest BCUT2D eigenvalue weighted by Crippen LogP contribution is 1.91. The Morgan fingerprint density at radius 1 is 0.576 bits per heavy atom. The van der Waals surface area contributed by atoms with Gasteiger partial charge < -0.3 is 42.6 Å². The third kappa shape index (κ3) is 26.6. The van der Waals surface area contributed by atoms with E-state index in [1.807, 2.05) is 0 Å². The molecule has 192 valence electrons. The van der Waals surface area contributed by atoms with E-state index in [-0.39, 0.29) is 6.61 Å². The van der Waals surface area contributed by atoms with Crippen LogP contribution < -0.4 is 0 Å². The normalized spacial score (nSPS) is 10.8. The fraction of sp³-hybridized carbons (Fsp3) is 0.783. The minimum absolute atomic E-state index is 0.203. The minimum atomic E-state index is -0.411. The second-order valence-corrected chi connectivity index (χ2v) is 6.46. The molecule has 0 amide bonds. The van der Waals surface area contributed by atoms with Crippen LogP contribution in [0.1, 0.15) is 6.92 Å². The van der Waals surface area contributed by atoms with Gasteiger partial charge in [-0.2, -0.15) is 0 Å². The standard InChI is InChI=1S/C23H40O10/c1-4-5-25-6-7-26-8-9-27-10-11-28-12-13-29-14-15-30-16-17-31-18-19-32-20-21-33-23(24)22(2)3/h1H,2,5-21H2,3H3. The maximum absolute atomic E-state index is 11.1. The molecule has 0 heterocycles. The Kier molecular flexibility index (Phi) is 25.4. The average Bonchev–Trinajstić information content (AvgIpc) is 2.81. The van der Waals surface area contributed by atoms with Crippen LogP contribution in [0.5, 0.6) is 0 Å². The summed E-state index contributed by atoms with van der Waals surface area (Å²) in [5.74, 6) is 1.98. The van der Waals surface area contributed by atoms with Gasteiger partial charge in [-0.25, -0.2) is 4.79 Å². The number of hydrogen-bond donors (Lipinski definition) is 0. The molecule has 0 atom stereocenters. The summed E-state index contributed by atoms with van der Waals surface area (Å²) >= 11 is 0. The number of carbonyl (C=O) groups excluding carboxylic acids is 1. The van der Waals surface area contributed by atoms with E-state index in [1.165, 1.54) is 0 Å². The lowest BCUT2D eigenvalue weighted by Gasteiger charge is -2.08. The van der Waals surface area contributed by atoms with Crippen LogP contribution in [0, 0.1) is 12.3 Å². The lowest BCUT2D eigenvalue weighted by atomic mass is 10.4. The second-order valence-electron chi connectivity index (χ2n) is 6.46. The molecule has 0 aromatic rings. The first-order valence-electron chi connectivity index (χ1n) is 11.1. The largest absolute Gasteiger partial charge is 0.460 e. The zero-order chi connectivity index (χ0) is 24.2. The van der Waals surface area contributed by atoms with Crippen LogP contribution in [-0.4, -0.2) is 118 Å². The first-order chi connectivity index (χ1) is 16.2. The first-order valence-corrected chi connectivity index (χ1v) is 11.1. The monoisotopic (exact) mass is 476 g/mol. The molecule has 0 fully saturated rings. The number of esters is 1. The Morgan fingerprint density at radius 3 is 1.12 bits per heavy atom. The van der Waals surface area contributed by atoms with E-state index < -0.39 is 5.97 Å². The van der Waals surface area contributed by atoms with E-state index in [2.05, 4.69) is 12.5 Å². The molecule has 0 rings (SSSR count). The average molecular weight is 477 g/mol. The summed E-state index contributed by atoms with van der Waals surface area (Å²) in [6, 6.07) is 0.